The van der Waals surface area contributed by atoms with E-state index in [0.29, 0.717) is 11.4 Å². The third kappa shape index (κ3) is 2.78. The number of hydrogen-bond donors (Lipinski definition) is 0. The first-order chi connectivity index (χ1) is 12.9. The fourth-order valence-electron chi connectivity index (χ4n) is 3.46. The van der Waals surface area contributed by atoms with Gasteiger partial charge in [0.05, 0.1) is 11.4 Å². The van der Waals surface area contributed by atoms with E-state index in [1.165, 1.54) is 11.9 Å². The van der Waals surface area contributed by atoms with Crippen molar-refractivity contribution in [3.05, 3.63) is 58.6 Å². The van der Waals surface area contributed by atoms with Gasteiger partial charge in [0.25, 0.3) is 5.91 Å². The minimum atomic E-state index is -0.889. The number of rotatable bonds is 3. The minimum absolute atomic E-state index is 0.121. The molecular weight excluding hydrogens is 410 g/mol. The molecule has 4 rings (SSSR count). The zero-order chi connectivity index (χ0) is 19.3. The number of ketones is 1. The lowest BCUT2D eigenvalue weighted by molar-refractivity contribution is -0.122. The van der Waals surface area contributed by atoms with Crippen LogP contribution < -0.4 is 9.91 Å². The van der Waals surface area contributed by atoms with Gasteiger partial charge in [-0.1, -0.05) is 33.6 Å². The molecule has 0 bridgehead atoms. The predicted octanol–water partition coefficient (Wildman–Crippen LogP) is 3.08. The van der Waals surface area contributed by atoms with E-state index in [1.807, 2.05) is 31.2 Å². The van der Waals surface area contributed by atoms with Crippen LogP contribution in [0.5, 0.6) is 0 Å². The fourth-order valence-corrected chi connectivity index (χ4v) is 3.72. The molecule has 2 aliphatic heterocycles. The fraction of sp³-hybridized carbons (Fsp3) is 0.200. The number of imide groups is 1. The molecule has 0 aliphatic carbocycles. The molecule has 0 saturated carbocycles. The first-order valence-corrected chi connectivity index (χ1v) is 9.26. The number of carbonyl (C=O) groups is 3. The monoisotopic (exact) mass is 425 g/mol. The second-order valence-electron chi connectivity index (χ2n) is 6.63. The molecule has 0 N–H and O–H groups in total. The molecule has 2 aromatic carbocycles. The number of fused-ring (bicyclic) bond motifs is 1. The van der Waals surface area contributed by atoms with Gasteiger partial charge in [0, 0.05) is 11.4 Å². The predicted molar refractivity (Wildman–Crippen MR) is 106 cm³/mol. The summed E-state index contributed by atoms with van der Waals surface area (Å²) in [4.78, 5) is 39.5. The van der Waals surface area contributed by atoms with Crippen molar-refractivity contribution in [3.8, 4) is 0 Å². The van der Waals surface area contributed by atoms with Crippen LogP contribution in [0.15, 0.2) is 58.1 Å². The Morgan fingerprint density at radius 2 is 1.56 bits per heavy atom. The Morgan fingerprint density at radius 3 is 2.15 bits per heavy atom. The Kier molecular flexibility index (Phi) is 4.19. The van der Waals surface area contributed by atoms with E-state index in [-0.39, 0.29) is 17.4 Å². The summed E-state index contributed by atoms with van der Waals surface area (Å²) in [5, 5.41) is 5.82. The van der Waals surface area contributed by atoms with E-state index in [1.54, 1.807) is 24.3 Å². The summed E-state index contributed by atoms with van der Waals surface area (Å²) in [6, 6.07) is 13.5. The van der Waals surface area contributed by atoms with Crippen molar-refractivity contribution in [3.63, 3.8) is 0 Å². The average Bonchev–Trinajstić information content (AvgIpc) is 3.15. The maximum Gasteiger partial charge on any atom is 0.259 e. The van der Waals surface area contributed by atoms with E-state index in [2.05, 4.69) is 21.0 Å². The number of anilines is 2. The van der Waals surface area contributed by atoms with E-state index >= 15 is 0 Å². The van der Waals surface area contributed by atoms with Crippen molar-refractivity contribution in [1.82, 2.24) is 0 Å². The summed E-state index contributed by atoms with van der Waals surface area (Å²) in [6.07, 6.45) is 0. The minimum Gasteiger partial charge on any atom is -0.293 e. The summed E-state index contributed by atoms with van der Waals surface area (Å²) in [5.41, 5.74) is 2.30. The van der Waals surface area contributed by atoms with Crippen LogP contribution >= 0.6 is 15.9 Å². The molecule has 2 aliphatic rings. The number of nitrogens with zero attached hydrogens (tertiary/aromatic N) is 3. The first kappa shape index (κ1) is 17.6. The van der Waals surface area contributed by atoms with Crippen molar-refractivity contribution in [2.24, 2.45) is 11.0 Å². The van der Waals surface area contributed by atoms with Crippen LogP contribution in [0, 0.1) is 12.8 Å². The zero-order valence-corrected chi connectivity index (χ0v) is 16.3. The lowest BCUT2D eigenvalue weighted by Gasteiger charge is -2.22. The van der Waals surface area contributed by atoms with Gasteiger partial charge in [0.2, 0.25) is 5.91 Å². The highest BCUT2D eigenvalue weighted by atomic mass is 79.9. The van der Waals surface area contributed by atoms with Gasteiger partial charge in [0.1, 0.15) is 17.7 Å². The van der Waals surface area contributed by atoms with Gasteiger partial charge >= 0.3 is 0 Å². The molecule has 0 unspecified atom stereocenters. The summed E-state index contributed by atoms with van der Waals surface area (Å²) in [7, 11) is 0. The van der Waals surface area contributed by atoms with Gasteiger partial charge in [0.15, 0.2) is 5.78 Å². The summed E-state index contributed by atoms with van der Waals surface area (Å²) < 4.78 is 0.882. The van der Waals surface area contributed by atoms with E-state index in [0.717, 1.165) is 14.9 Å². The Bertz CT molecular complexity index is 983. The van der Waals surface area contributed by atoms with Crippen molar-refractivity contribution in [2.45, 2.75) is 19.9 Å². The average molecular weight is 426 g/mol. The molecule has 2 amide bonds. The number of Topliss-reactive ketones (excluding diaryl/α,β-unsaturated/α-hetero) is 1. The SMILES string of the molecule is CC(=O)C1=NN(c2ccc(Br)cc2)[C@H]2C(=O)N(c3ccc(C)cc3)C(=O)[C@H]12. The highest BCUT2D eigenvalue weighted by molar-refractivity contribution is 9.10. The second kappa shape index (κ2) is 6.42. The maximum absolute atomic E-state index is 13.2. The number of halogens is 1. The van der Waals surface area contributed by atoms with Crippen molar-refractivity contribution >= 4 is 50.6 Å². The highest BCUT2D eigenvalue weighted by Crippen LogP contribution is 2.38. The van der Waals surface area contributed by atoms with Crippen molar-refractivity contribution in [2.75, 3.05) is 9.91 Å². The molecule has 0 aromatic heterocycles. The molecule has 0 radical (unpaired) electrons. The molecular formula is C20H16BrN3O3. The van der Waals surface area contributed by atoms with Gasteiger partial charge < -0.3 is 0 Å². The van der Waals surface area contributed by atoms with Crippen LogP contribution in [0.1, 0.15) is 12.5 Å². The molecule has 6 nitrogen and oxygen atoms in total. The zero-order valence-electron chi connectivity index (χ0n) is 14.7. The van der Waals surface area contributed by atoms with Crippen LogP contribution in [0.25, 0.3) is 0 Å². The summed E-state index contributed by atoms with van der Waals surface area (Å²) in [6.45, 7) is 3.30. The first-order valence-electron chi connectivity index (χ1n) is 8.47. The number of amides is 2. The van der Waals surface area contributed by atoms with Gasteiger partial charge in [-0.25, -0.2) is 4.90 Å². The van der Waals surface area contributed by atoms with E-state index < -0.39 is 17.9 Å². The molecule has 1 fully saturated rings. The lowest BCUT2D eigenvalue weighted by atomic mass is 9.95. The molecule has 7 heteroatoms. The third-order valence-electron chi connectivity index (χ3n) is 4.79. The lowest BCUT2D eigenvalue weighted by Crippen LogP contribution is -2.39. The molecule has 2 aromatic rings. The van der Waals surface area contributed by atoms with Gasteiger partial charge in [-0.3, -0.25) is 19.4 Å². The number of aryl methyl sites for hydroxylation is 1. The molecule has 1 saturated heterocycles. The normalized spacial score (nSPS) is 21.5. The molecule has 136 valence electrons. The Hall–Kier alpha value is -2.80. The summed E-state index contributed by atoms with van der Waals surface area (Å²) >= 11 is 3.38. The molecule has 27 heavy (non-hydrogen) atoms. The largest absolute Gasteiger partial charge is 0.293 e. The van der Waals surface area contributed by atoms with Crippen LogP contribution in [-0.2, 0) is 14.4 Å². The van der Waals surface area contributed by atoms with E-state index in [9.17, 15) is 14.4 Å². The quantitative estimate of drug-likeness (QED) is 0.708. The highest BCUT2D eigenvalue weighted by Gasteiger charge is 2.58. The second-order valence-corrected chi connectivity index (χ2v) is 7.55. The Balaban J connectivity index is 1.79. The van der Waals surface area contributed by atoms with Crippen LogP contribution in [0.2, 0.25) is 0 Å². The van der Waals surface area contributed by atoms with Crippen molar-refractivity contribution < 1.29 is 14.4 Å². The maximum atomic E-state index is 13.2. The van der Waals surface area contributed by atoms with Crippen LogP contribution in [-0.4, -0.2) is 29.4 Å². The smallest absolute Gasteiger partial charge is 0.259 e. The summed E-state index contributed by atoms with van der Waals surface area (Å²) in [5.74, 6) is -1.99. The Morgan fingerprint density at radius 1 is 0.963 bits per heavy atom. The molecule has 2 heterocycles. The van der Waals surface area contributed by atoms with Gasteiger partial charge in [-0.15, -0.1) is 0 Å². The van der Waals surface area contributed by atoms with Gasteiger partial charge in [-0.05, 0) is 43.3 Å². The topological polar surface area (TPSA) is 70.1 Å². The Labute approximate surface area is 164 Å². The molecule has 0 spiro atoms. The number of hydrazone groups is 1. The number of carbonyl (C=O) groups excluding carboxylic acids is 3. The number of hydrogen-bond acceptors (Lipinski definition) is 5. The van der Waals surface area contributed by atoms with Crippen LogP contribution in [0.3, 0.4) is 0 Å². The van der Waals surface area contributed by atoms with Crippen molar-refractivity contribution in [1.29, 1.82) is 0 Å². The van der Waals surface area contributed by atoms with E-state index in [4.69, 9.17) is 0 Å². The standard InChI is InChI=1S/C20H16BrN3O3/c1-11-3-7-14(8-4-11)23-19(26)16-17(12(2)25)22-24(18(16)20(23)27)15-9-5-13(21)6-10-15/h3-10,16,18H,1-2H3/t16-,18-/m1/s1. The van der Waals surface area contributed by atoms with Crippen LogP contribution in [0.4, 0.5) is 11.4 Å². The third-order valence-corrected chi connectivity index (χ3v) is 5.32. The van der Waals surface area contributed by atoms with Gasteiger partial charge in [-0.2, -0.15) is 5.10 Å². The number of benzene rings is 2. The molecule has 2 atom stereocenters.